The van der Waals surface area contributed by atoms with Gasteiger partial charge < -0.3 is 26.3 Å². The van der Waals surface area contributed by atoms with Crippen molar-refractivity contribution in [2.75, 3.05) is 13.1 Å². The number of nitrogens with zero attached hydrogens (tertiary/aromatic N) is 2. The van der Waals surface area contributed by atoms with Crippen molar-refractivity contribution in [1.82, 2.24) is 25.1 Å². The summed E-state index contributed by atoms with van der Waals surface area (Å²) in [6.45, 7) is 1.72. The Bertz CT molecular complexity index is 1810. The lowest BCUT2D eigenvalue weighted by Crippen LogP contribution is -2.53. The first-order chi connectivity index (χ1) is 21.0. The second-order valence-electron chi connectivity index (χ2n) is 11.1. The standard InChI is InChI=1S/C34H36N6O3/c35-21-23-7-5-8-24(19-23)22-36-32(41)30(20-26-11-6-10-25-9-1-2-12-28(25)26)38-33(42)39-17-15-27(16-18-39)40-31-14-4-3-13-29(31)37-34(40)43/h1-14,19,27,30H,15-18,20-22,35H2,(H,36,41)(H,37,43)(H,38,42)/t30-/m1/s1. The summed E-state index contributed by atoms with van der Waals surface area (Å²) >= 11 is 0. The second kappa shape index (κ2) is 12.5. The number of para-hydroxylation sites is 2. The van der Waals surface area contributed by atoms with Crippen LogP contribution in [0.3, 0.4) is 0 Å². The highest BCUT2D eigenvalue weighted by Crippen LogP contribution is 2.25. The van der Waals surface area contributed by atoms with Gasteiger partial charge in [0, 0.05) is 38.6 Å². The summed E-state index contributed by atoms with van der Waals surface area (Å²) in [7, 11) is 0. The van der Waals surface area contributed by atoms with E-state index < -0.39 is 6.04 Å². The van der Waals surface area contributed by atoms with E-state index >= 15 is 0 Å². The molecule has 1 fully saturated rings. The number of urea groups is 1. The molecule has 1 aromatic heterocycles. The lowest BCUT2D eigenvalue weighted by Gasteiger charge is -2.33. The molecule has 0 bridgehead atoms. The van der Waals surface area contributed by atoms with E-state index in [1.165, 1.54) is 0 Å². The minimum atomic E-state index is -0.773. The van der Waals surface area contributed by atoms with Crippen LogP contribution in [0.2, 0.25) is 0 Å². The molecule has 4 aromatic carbocycles. The molecule has 1 aliphatic rings. The molecule has 5 N–H and O–H groups in total. The summed E-state index contributed by atoms with van der Waals surface area (Å²) in [5, 5.41) is 8.19. The molecule has 9 nitrogen and oxygen atoms in total. The average Bonchev–Trinajstić information content (AvgIpc) is 3.39. The van der Waals surface area contributed by atoms with Crippen molar-refractivity contribution < 1.29 is 9.59 Å². The number of benzene rings is 4. The Morgan fingerprint density at radius 2 is 1.63 bits per heavy atom. The summed E-state index contributed by atoms with van der Waals surface area (Å²) < 4.78 is 1.81. The number of hydrogen-bond acceptors (Lipinski definition) is 4. The number of likely N-dealkylation sites (tertiary alicyclic amines) is 1. The van der Waals surface area contributed by atoms with Crippen molar-refractivity contribution in [3.05, 3.63) is 118 Å². The van der Waals surface area contributed by atoms with Crippen LogP contribution in [0.15, 0.2) is 95.8 Å². The predicted octanol–water partition coefficient (Wildman–Crippen LogP) is 4.22. The number of fused-ring (bicyclic) bond motifs is 2. The highest BCUT2D eigenvalue weighted by molar-refractivity contribution is 5.90. The number of rotatable bonds is 8. The Labute approximate surface area is 249 Å². The largest absolute Gasteiger partial charge is 0.350 e. The molecule has 6 rings (SSSR count). The van der Waals surface area contributed by atoms with Gasteiger partial charge in [-0.3, -0.25) is 9.36 Å². The SMILES string of the molecule is NCc1cccc(CNC(=O)[C@@H](Cc2cccc3ccccc23)NC(=O)N2CCC(n3c(=O)[nH]c4ccccc43)CC2)c1. The molecule has 43 heavy (non-hydrogen) atoms. The average molecular weight is 577 g/mol. The number of aromatic amines is 1. The fourth-order valence-electron chi connectivity index (χ4n) is 6.08. The summed E-state index contributed by atoms with van der Waals surface area (Å²) in [5.74, 6) is -0.250. The van der Waals surface area contributed by atoms with Gasteiger partial charge in [-0.05, 0) is 52.4 Å². The van der Waals surface area contributed by atoms with E-state index in [0.29, 0.717) is 45.4 Å². The van der Waals surface area contributed by atoms with Crippen LogP contribution in [-0.4, -0.2) is 45.5 Å². The Morgan fingerprint density at radius 3 is 2.47 bits per heavy atom. The van der Waals surface area contributed by atoms with Crippen molar-refractivity contribution in [1.29, 1.82) is 0 Å². The van der Waals surface area contributed by atoms with Crippen molar-refractivity contribution in [2.45, 2.75) is 44.4 Å². The van der Waals surface area contributed by atoms with Gasteiger partial charge in [-0.15, -0.1) is 0 Å². The minimum Gasteiger partial charge on any atom is -0.350 e. The van der Waals surface area contributed by atoms with E-state index in [4.69, 9.17) is 5.73 Å². The molecule has 0 saturated carbocycles. The van der Waals surface area contributed by atoms with Crippen LogP contribution in [0, 0.1) is 0 Å². The van der Waals surface area contributed by atoms with Gasteiger partial charge in [-0.25, -0.2) is 9.59 Å². The number of carbonyl (C=O) groups excluding carboxylic acids is 2. The third kappa shape index (κ3) is 6.17. The molecule has 9 heteroatoms. The molecule has 0 radical (unpaired) electrons. The fourth-order valence-corrected chi connectivity index (χ4v) is 6.08. The lowest BCUT2D eigenvalue weighted by atomic mass is 9.98. The highest BCUT2D eigenvalue weighted by Gasteiger charge is 2.29. The molecule has 5 aromatic rings. The summed E-state index contributed by atoms with van der Waals surface area (Å²) in [4.78, 5) is 44.5. The first-order valence-electron chi connectivity index (χ1n) is 14.8. The van der Waals surface area contributed by atoms with Crippen LogP contribution in [0.1, 0.15) is 35.6 Å². The topological polar surface area (TPSA) is 125 Å². The fraction of sp³-hybridized carbons (Fsp3) is 0.265. The number of piperidine rings is 1. The third-order valence-corrected chi connectivity index (χ3v) is 8.35. The minimum absolute atomic E-state index is 0.00763. The highest BCUT2D eigenvalue weighted by atomic mass is 16.2. The number of carbonyl (C=O) groups is 2. The maximum Gasteiger partial charge on any atom is 0.326 e. The smallest absolute Gasteiger partial charge is 0.326 e. The Kier molecular flexibility index (Phi) is 8.24. The normalized spacial score (nSPS) is 14.6. The van der Waals surface area contributed by atoms with E-state index in [1.54, 1.807) is 9.47 Å². The number of nitrogens with two attached hydrogens (primary N) is 1. The van der Waals surface area contributed by atoms with Gasteiger partial charge in [0.25, 0.3) is 0 Å². The Hall–Kier alpha value is -4.89. The zero-order chi connectivity index (χ0) is 29.8. The van der Waals surface area contributed by atoms with Crippen LogP contribution >= 0.6 is 0 Å². The monoisotopic (exact) mass is 576 g/mol. The number of amides is 3. The Balaban J connectivity index is 1.17. The molecule has 1 saturated heterocycles. The zero-order valence-corrected chi connectivity index (χ0v) is 24.0. The number of H-pyrrole nitrogens is 1. The molecule has 0 unspecified atom stereocenters. The second-order valence-corrected chi connectivity index (χ2v) is 11.1. The van der Waals surface area contributed by atoms with Gasteiger partial charge in [0.2, 0.25) is 5.91 Å². The van der Waals surface area contributed by atoms with Gasteiger partial charge in [-0.1, -0.05) is 78.9 Å². The lowest BCUT2D eigenvalue weighted by molar-refractivity contribution is -0.123. The maximum atomic E-state index is 13.6. The van der Waals surface area contributed by atoms with Crippen molar-refractivity contribution >= 4 is 33.7 Å². The van der Waals surface area contributed by atoms with Crippen LogP contribution < -0.4 is 22.1 Å². The first kappa shape index (κ1) is 28.2. The van der Waals surface area contributed by atoms with Crippen molar-refractivity contribution in [3.8, 4) is 0 Å². The quantitative estimate of drug-likeness (QED) is 0.221. The third-order valence-electron chi connectivity index (χ3n) is 8.35. The number of aromatic nitrogens is 2. The van der Waals surface area contributed by atoms with Gasteiger partial charge in [0.1, 0.15) is 6.04 Å². The molecule has 0 aliphatic carbocycles. The van der Waals surface area contributed by atoms with Gasteiger partial charge in [-0.2, -0.15) is 0 Å². The van der Waals surface area contributed by atoms with E-state index in [9.17, 15) is 14.4 Å². The zero-order valence-electron chi connectivity index (χ0n) is 24.0. The molecule has 1 atom stereocenters. The van der Waals surface area contributed by atoms with Crippen LogP contribution in [0.4, 0.5) is 4.79 Å². The van der Waals surface area contributed by atoms with E-state index in [0.717, 1.165) is 38.5 Å². The van der Waals surface area contributed by atoms with Crippen LogP contribution in [-0.2, 0) is 24.3 Å². The molecule has 2 heterocycles. The Morgan fingerprint density at radius 1 is 0.907 bits per heavy atom. The maximum absolute atomic E-state index is 13.6. The summed E-state index contributed by atoms with van der Waals surface area (Å²) in [5.41, 5.74) is 10.3. The first-order valence-corrected chi connectivity index (χ1v) is 14.8. The van der Waals surface area contributed by atoms with E-state index in [1.807, 2.05) is 91.0 Å². The molecule has 1 aliphatic heterocycles. The van der Waals surface area contributed by atoms with Crippen molar-refractivity contribution in [2.24, 2.45) is 5.73 Å². The van der Waals surface area contributed by atoms with Gasteiger partial charge in [0.15, 0.2) is 0 Å². The number of hydrogen-bond donors (Lipinski definition) is 4. The van der Waals surface area contributed by atoms with E-state index in [-0.39, 0.29) is 23.7 Å². The molecule has 3 amide bonds. The predicted molar refractivity (Wildman–Crippen MR) is 169 cm³/mol. The van der Waals surface area contributed by atoms with Gasteiger partial charge in [0.05, 0.1) is 11.0 Å². The van der Waals surface area contributed by atoms with Crippen molar-refractivity contribution in [3.63, 3.8) is 0 Å². The summed E-state index contributed by atoms with van der Waals surface area (Å²) in [6.07, 6.45) is 1.64. The number of imidazole rings is 1. The number of nitrogens with one attached hydrogen (secondary N) is 3. The summed E-state index contributed by atoms with van der Waals surface area (Å²) in [6, 6.07) is 28.5. The van der Waals surface area contributed by atoms with Gasteiger partial charge >= 0.3 is 11.7 Å². The molecule has 0 spiro atoms. The van der Waals surface area contributed by atoms with Crippen LogP contribution in [0.25, 0.3) is 21.8 Å². The molecular weight excluding hydrogens is 540 g/mol. The molecular formula is C34H36N6O3. The van der Waals surface area contributed by atoms with Crippen LogP contribution in [0.5, 0.6) is 0 Å². The molecule has 220 valence electrons. The van der Waals surface area contributed by atoms with E-state index in [2.05, 4.69) is 15.6 Å².